The van der Waals surface area contributed by atoms with Crippen molar-refractivity contribution in [3.05, 3.63) is 83.3 Å². The molecule has 6 heteroatoms. The van der Waals surface area contributed by atoms with Gasteiger partial charge in [-0.3, -0.25) is 4.72 Å². The van der Waals surface area contributed by atoms with Crippen LogP contribution < -0.4 is 4.72 Å². The molecule has 0 spiro atoms. The van der Waals surface area contributed by atoms with E-state index in [1.807, 2.05) is 48.5 Å². The van der Waals surface area contributed by atoms with Crippen LogP contribution in [-0.4, -0.2) is 13.4 Å². The number of hydrogen-bond donors (Lipinski definition) is 2. The molecule has 4 aromatic rings. The van der Waals surface area contributed by atoms with E-state index in [-0.39, 0.29) is 4.90 Å². The van der Waals surface area contributed by atoms with E-state index in [0.717, 1.165) is 26.6 Å². The van der Waals surface area contributed by atoms with Gasteiger partial charge in [-0.2, -0.15) is 0 Å². The topological polar surface area (TPSA) is 62.0 Å². The molecule has 1 heterocycles. The summed E-state index contributed by atoms with van der Waals surface area (Å²) >= 11 is 3.32. The maximum atomic E-state index is 12.7. The lowest BCUT2D eigenvalue weighted by atomic mass is 10.1. The normalized spacial score (nSPS) is 11.6. The first-order chi connectivity index (χ1) is 12.5. The van der Waals surface area contributed by atoms with Gasteiger partial charge in [0, 0.05) is 15.6 Å². The van der Waals surface area contributed by atoms with E-state index in [2.05, 4.69) is 25.6 Å². The van der Waals surface area contributed by atoms with Crippen molar-refractivity contribution >= 4 is 42.5 Å². The minimum Gasteiger partial charge on any atom is -0.353 e. The molecular formula is C20H15BrN2O2S. The second-order valence-electron chi connectivity index (χ2n) is 5.88. The first kappa shape index (κ1) is 16.9. The summed E-state index contributed by atoms with van der Waals surface area (Å²) in [5.41, 5.74) is 3.26. The van der Waals surface area contributed by atoms with E-state index in [9.17, 15) is 8.42 Å². The minimum absolute atomic E-state index is 0.215. The lowest BCUT2D eigenvalue weighted by Gasteiger charge is -2.09. The molecule has 0 saturated carbocycles. The molecular weight excluding hydrogens is 412 g/mol. The van der Waals surface area contributed by atoms with Crippen molar-refractivity contribution in [2.75, 3.05) is 4.72 Å². The van der Waals surface area contributed by atoms with Crippen LogP contribution in [0.15, 0.2) is 88.2 Å². The number of halogens is 1. The summed E-state index contributed by atoms with van der Waals surface area (Å²) in [6.07, 6.45) is 0. The van der Waals surface area contributed by atoms with Crippen molar-refractivity contribution in [3.63, 3.8) is 0 Å². The van der Waals surface area contributed by atoms with Gasteiger partial charge in [-0.15, -0.1) is 0 Å². The van der Waals surface area contributed by atoms with E-state index in [1.165, 1.54) is 0 Å². The zero-order valence-electron chi connectivity index (χ0n) is 13.6. The molecule has 0 bridgehead atoms. The van der Waals surface area contributed by atoms with Crippen molar-refractivity contribution in [2.24, 2.45) is 0 Å². The number of H-pyrrole nitrogens is 1. The fraction of sp³-hybridized carbons (Fsp3) is 0. The zero-order valence-corrected chi connectivity index (χ0v) is 16.0. The molecule has 0 saturated heterocycles. The highest BCUT2D eigenvalue weighted by Crippen LogP contribution is 2.30. The number of anilines is 1. The van der Waals surface area contributed by atoms with Crippen LogP contribution in [0.2, 0.25) is 0 Å². The Morgan fingerprint density at radius 2 is 1.58 bits per heavy atom. The second-order valence-corrected chi connectivity index (χ2v) is 8.48. The Hall–Kier alpha value is -2.57. The molecule has 0 atom stereocenters. The molecule has 4 rings (SSSR count). The van der Waals surface area contributed by atoms with E-state index in [0.29, 0.717) is 5.69 Å². The highest BCUT2D eigenvalue weighted by molar-refractivity contribution is 9.10. The number of para-hydroxylation sites is 1. The summed E-state index contributed by atoms with van der Waals surface area (Å²) in [7, 11) is -3.67. The molecule has 0 amide bonds. The Kier molecular flexibility index (Phi) is 4.30. The number of fused-ring (bicyclic) bond motifs is 1. The predicted octanol–water partition coefficient (Wildman–Crippen LogP) is 5.40. The molecule has 3 aromatic carbocycles. The summed E-state index contributed by atoms with van der Waals surface area (Å²) in [5, 5.41) is 0.944. The minimum atomic E-state index is -3.67. The molecule has 26 heavy (non-hydrogen) atoms. The summed E-state index contributed by atoms with van der Waals surface area (Å²) in [6.45, 7) is 0. The molecule has 1 aromatic heterocycles. The third kappa shape index (κ3) is 3.25. The third-order valence-electron chi connectivity index (χ3n) is 4.11. The molecule has 0 aliphatic heterocycles. The Bertz CT molecular complexity index is 1170. The van der Waals surface area contributed by atoms with Crippen LogP contribution in [0.5, 0.6) is 0 Å². The second kappa shape index (κ2) is 6.63. The Morgan fingerprint density at radius 3 is 2.31 bits per heavy atom. The lowest BCUT2D eigenvalue weighted by molar-refractivity contribution is 0.601. The van der Waals surface area contributed by atoms with Gasteiger partial charge in [0.15, 0.2) is 0 Å². The van der Waals surface area contributed by atoms with Gasteiger partial charge in [-0.25, -0.2) is 8.42 Å². The van der Waals surface area contributed by atoms with E-state index in [1.54, 1.807) is 30.3 Å². The Labute approximate surface area is 160 Å². The third-order valence-corrected chi connectivity index (χ3v) is 6.02. The van der Waals surface area contributed by atoms with Crippen LogP contribution >= 0.6 is 15.9 Å². The van der Waals surface area contributed by atoms with Crippen LogP contribution in [0.4, 0.5) is 5.69 Å². The van der Waals surface area contributed by atoms with Crippen LogP contribution in [0, 0.1) is 0 Å². The van der Waals surface area contributed by atoms with Crippen molar-refractivity contribution in [1.29, 1.82) is 0 Å². The number of aromatic amines is 1. The molecule has 0 radical (unpaired) electrons. The molecule has 0 fully saturated rings. The fourth-order valence-electron chi connectivity index (χ4n) is 2.83. The zero-order chi connectivity index (χ0) is 18.1. The van der Waals surface area contributed by atoms with Crippen molar-refractivity contribution in [1.82, 2.24) is 4.98 Å². The number of nitrogens with one attached hydrogen (secondary N) is 2. The molecule has 0 unspecified atom stereocenters. The van der Waals surface area contributed by atoms with Crippen LogP contribution in [-0.2, 0) is 10.0 Å². The van der Waals surface area contributed by atoms with Crippen molar-refractivity contribution < 1.29 is 8.42 Å². The fourth-order valence-corrected chi connectivity index (χ4v) is 4.17. The van der Waals surface area contributed by atoms with Gasteiger partial charge in [0.2, 0.25) is 0 Å². The molecule has 4 nitrogen and oxygen atoms in total. The van der Waals surface area contributed by atoms with Gasteiger partial charge in [-0.05, 0) is 42.0 Å². The van der Waals surface area contributed by atoms with Crippen molar-refractivity contribution in [2.45, 2.75) is 4.90 Å². The van der Waals surface area contributed by atoms with Gasteiger partial charge >= 0.3 is 0 Å². The molecule has 130 valence electrons. The lowest BCUT2D eigenvalue weighted by Crippen LogP contribution is -2.13. The van der Waals surface area contributed by atoms with E-state index < -0.39 is 10.0 Å². The Balaban J connectivity index is 1.75. The van der Waals surface area contributed by atoms with E-state index >= 15 is 0 Å². The number of sulfonamides is 1. The van der Waals surface area contributed by atoms with Crippen LogP contribution in [0.25, 0.3) is 22.2 Å². The number of hydrogen-bond acceptors (Lipinski definition) is 2. The summed E-state index contributed by atoms with van der Waals surface area (Å²) in [4.78, 5) is 3.54. The summed E-state index contributed by atoms with van der Waals surface area (Å²) in [5.74, 6) is 0. The average Bonchev–Trinajstić information content (AvgIpc) is 3.08. The van der Waals surface area contributed by atoms with E-state index in [4.69, 9.17) is 0 Å². The van der Waals surface area contributed by atoms with Gasteiger partial charge in [0.05, 0.1) is 16.1 Å². The standard InChI is InChI=1S/C20H15BrN2O2S/c21-16-9-11-17(12-10-16)26(24,25)23-18-8-4-7-15-13-19(22-20(15)18)14-5-2-1-3-6-14/h1-13,22-23H. The average molecular weight is 427 g/mol. The highest BCUT2D eigenvalue weighted by Gasteiger charge is 2.16. The number of aromatic nitrogens is 1. The largest absolute Gasteiger partial charge is 0.353 e. The smallest absolute Gasteiger partial charge is 0.261 e. The molecule has 2 N–H and O–H groups in total. The molecule has 0 aliphatic carbocycles. The van der Waals surface area contributed by atoms with Gasteiger partial charge in [0.25, 0.3) is 10.0 Å². The summed E-state index contributed by atoms with van der Waals surface area (Å²) < 4.78 is 28.9. The predicted molar refractivity (Wildman–Crippen MR) is 109 cm³/mol. The monoisotopic (exact) mass is 426 g/mol. The first-order valence-corrected chi connectivity index (χ1v) is 10.3. The number of benzene rings is 3. The maximum Gasteiger partial charge on any atom is 0.261 e. The highest BCUT2D eigenvalue weighted by atomic mass is 79.9. The SMILES string of the molecule is O=S(=O)(Nc1cccc2cc(-c3ccccc3)[nH]c12)c1ccc(Br)cc1. The van der Waals surface area contributed by atoms with Gasteiger partial charge in [-0.1, -0.05) is 58.4 Å². The van der Waals surface area contributed by atoms with Crippen LogP contribution in [0.1, 0.15) is 0 Å². The quantitative estimate of drug-likeness (QED) is 0.458. The van der Waals surface area contributed by atoms with Crippen molar-refractivity contribution in [3.8, 4) is 11.3 Å². The summed E-state index contributed by atoms with van der Waals surface area (Å²) in [6, 6.07) is 24.0. The maximum absolute atomic E-state index is 12.7. The van der Waals surface area contributed by atoms with Gasteiger partial charge in [0.1, 0.15) is 0 Å². The molecule has 0 aliphatic rings. The first-order valence-electron chi connectivity index (χ1n) is 7.98. The number of rotatable bonds is 4. The van der Waals surface area contributed by atoms with Gasteiger partial charge < -0.3 is 4.98 Å². The van der Waals surface area contributed by atoms with Crippen LogP contribution in [0.3, 0.4) is 0 Å². The Morgan fingerprint density at radius 1 is 0.846 bits per heavy atom.